The van der Waals surface area contributed by atoms with Crippen LogP contribution in [0.1, 0.15) is 53.5 Å². The van der Waals surface area contributed by atoms with Gasteiger partial charge in [0, 0.05) is 23.7 Å². The number of nitrogens with one attached hydrogen (secondary N) is 1. The van der Waals surface area contributed by atoms with E-state index in [1.807, 2.05) is 6.07 Å². The van der Waals surface area contributed by atoms with Gasteiger partial charge < -0.3 is 19.6 Å². The summed E-state index contributed by atoms with van der Waals surface area (Å²) >= 11 is 0. The molecule has 0 radical (unpaired) electrons. The molecule has 1 aromatic heterocycles. The molecule has 0 aliphatic rings. The molecule has 194 valence electrons. The number of pyridine rings is 1. The minimum atomic E-state index is -0.457. The molecule has 11 heteroatoms. The van der Waals surface area contributed by atoms with Crippen LogP contribution in [-0.2, 0) is 16.1 Å². The van der Waals surface area contributed by atoms with Gasteiger partial charge in [-0.3, -0.25) is 14.9 Å². The first-order chi connectivity index (χ1) is 16.5. The Balaban J connectivity index is 0.00000146. The molecule has 0 fully saturated rings. The summed E-state index contributed by atoms with van der Waals surface area (Å²) in [5.74, 6) is 1.31. The number of nitro groups is 1. The van der Waals surface area contributed by atoms with E-state index < -0.39 is 4.92 Å². The van der Waals surface area contributed by atoms with Crippen molar-refractivity contribution in [3.8, 4) is 11.5 Å². The molecule has 9 nitrogen and oxygen atoms in total. The highest BCUT2D eigenvalue weighted by Gasteiger charge is 2.18. The highest BCUT2D eigenvalue weighted by atomic mass is 33.1. The first-order valence-corrected chi connectivity index (χ1v) is 13.1. The zero-order valence-corrected chi connectivity index (χ0v) is 23.2. The van der Waals surface area contributed by atoms with Crippen molar-refractivity contribution in [2.24, 2.45) is 0 Å². The van der Waals surface area contributed by atoms with E-state index in [0.717, 1.165) is 10.5 Å². The summed E-state index contributed by atoms with van der Waals surface area (Å²) in [7, 11) is 5.61. The van der Waals surface area contributed by atoms with E-state index in [1.54, 1.807) is 27.2 Å². The van der Waals surface area contributed by atoms with Crippen LogP contribution in [0, 0.1) is 10.1 Å². The van der Waals surface area contributed by atoms with Crippen LogP contribution >= 0.6 is 21.6 Å². The van der Waals surface area contributed by atoms with Gasteiger partial charge in [0.1, 0.15) is 11.6 Å². The van der Waals surface area contributed by atoms with Crippen LogP contribution in [0.5, 0.6) is 11.5 Å². The van der Waals surface area contributed by atoms with Gasteiger partial charge in [-0.25, -0.2) is 4.98 Å². The van der Waals surface area contributed by atoms with Gasteiger partial charge in [-0.1, -0.05) is 31.1 Å². The number of carbonyl (C=O) groups excluding carboxylic acids is 2. The van der Waals surface area contributed by atoms with Gasteiger partial charge in [0.2, 0.25) is 0 Å². The molecule has 0 saturated carbocycles. The van der Waals surface area contributed by atoms with Crippen molar-refractivity contribution < 1.29 is 24.0 Å². The minimum Gasteiger partial charge on any atom is -0.493 e. The molecule has 0 aliphatic carbocycles. The maximum atomic E-state index is 11.5. The summed E-state index contributed by atoms with van der Waals surface area (Å²) < 4.78 is 10.7. The van der Waals surface area contributed by atoms with Crippen molar-refractivity contribution in [1.29, 1.82) is 0 Å². The topological polar surface area (TPSA) is 121 Å². The Labute approximate surface area is 215 Å². The Hall–Kier alpha value is -2.63. The van der Waals surface area contributed by atoms with E-state index in [4.69, 9.17) is 9.47 Å². The number of ketones is 2. The number of methoxy groups -OCH3 is 2. The Bertz CT molecular complexity index is 968. The number of Topliss-reactive ketones (excluding diaryl/α,β-unsaturated/α-hetero) is 2. The fraction of sp³-hybridized carbons (Fsp3) is 0.458. The molecule has 0 bridgehead atoms. The van der Waals surface area contributed by atoms with E-state index in [1.165, 1.54) is 67.1 Å². The molecule has 0 saturated heterocycles. The SMILES string of the molecule is CC(C)=O.CCC.COc1cc(CNC(C)C(C)=O)c(SSc2ncccc2[N+](=O)[O-])cc1OC. The molecule has 1 heterocycles. The second-order valence-electron chi connectivity index (χ2n) is 7.39. The quantitative estimate of drug-likeness (QED) is 0.228. The Kier molecular flexibility index (Phi) is 16.4. The van der Waals surface area contributed by atoms with E-state index in [0.29, 0.717) is 23.1 Å². The summed E-state index contributed by atoms with van der Waals surface area (Å²) in [5, 5.41) is 14.7. The van der Waals surface area contributed by atoms with Crippen molar-refractivity contribution >= 4 is 38.8 Å². The van der Waals surface area contributed by atoms with Crippen LogP contribution in [0.15, 0.2) is 40.4 Å². The van der Waals surface area contributed by atoms with Crippen molar-refractivity contribution in [1.82, 2.24) is 10.3 Å². The molecule has 0 spiro atoms. The second-order valence-corrected chi connectivity index (χ2v) is 9.55. The number of rotatable bonds is 10. The van der Waals surface area contributed by atoms with Gasteiger partial charge in [0.15, 0.2) is 16.5 Å². The van der Waals surface area contributed by atoms with Crippen molar-refractivity contribution in [2.45, 2.75) is 70.5 Å². The highest BCUT2D eigenvalue weighted by molar-refractivity contribution is 8.76. The molecule has 0 aliphatic heterocycles. The van der Waals surface area contributed by atoms with E-state index in [-0.39, 0.29) is 23.3 Å². The predicted octanol–water partition coefficient (Wildman–Crippen LogP) is 5.89. The van der Waals surface area contributed by atoms with Gasteiger partial charge in [-0.05, 0) is 62.3 Å². The van der Waals surface area contributed by atoms with Gasteiger partial charge >= 0.3 is 5.69 Å². The van der Waals surface area contributed by atoms with Crippen LogP contribution in [-0.4, -0.2) is 41.7 Å². The lowest BCUT2D eigenvalue weighted by molar-refractivity contribution is -0.388. The van der Waals surface area contributed by atoms with Gasteiger partial charge in [-0.15, -0.1) is 0 Å². The molecular formula is C24H35N3O6S2. The third kappa shape index (κ3) is 12.6. The number of nitrogens with zero attached hydrogens (tertiary/aromatic N) is 2. The lowest BCUT2D eigenvalue weighted by Gasteiger charge is -2.16. The first kappa shape index (κ1) is 32.4. The standard InChI is InChI=1S/C18H21N3O5S2.C3H6O.C3H8/c1-11(12(2)22)20-10-13-8-15(25-3)16(26-4)9-17(13)27-28-18-14(21(23)24)6-5-7-19-18;1-3(2)4;1-3-2/h5-9,11,20H,10H2,1-4H3;1-2H3;3H2,1-2H3. The molecule has 1 N–H and O–H groups in total. The van der Waals surface area contributed by atoms with Crippen LogP contribution in [0.2, 0.25) is 0 Å². The summed E-state index contributed by atoms with van der Waals surface area (Å²) in [4.78, 5) is 36.6. The maximum Gasteiger partial charge on any atom is 0.302 e. The minimum absolute atomic E-state index is 0.0353. The average Bonchev–Trinajstić information content (AvgIpc) is 2.81. The predicted molar refractivity (Wildman–Crippen MR) is 141 cm³/mol. The summed E-state index contributed by atoms with van der Waals surface area (Å²) in [6.07, 6.45) is 2.77. The van der Waals surface area contributed by atoms with Crippen LogP contribution in [0.4, 0.5) is 5.69 Å². The van der Waals surface area contributed by atoms with Gasteiger partial charge in [-0.2, -0.15) is 0 Å². The number of hydrogen-bond acceptors (Lipinski definition) is 10. The molecule has 1 aromatic carbocycles. The Morgan fingerprint density at radius 1 is 1.11 bits per heavy atom. The number of ether oxygens (including phenoxy) is 2. The first-order valence-electron chi connectivity index (χ1n) is 10.9. The summed E-state index contributed by atoms with van der Waals surface area (Å²) in [5.41, 5.74) is 0.826. The normalized spacial score (nSPS) is 10.6. The molecular weight excluding hydrogens is 490 g/mol. The smallest absolute Gasteiger partial charge is 0.302 e. The summed E-state index contributed by atoms with van der Waals surface area (Å²) in [6.45, 7) is 11.0. The third-order valence-electron chi connectivity index (χ3n) is 3.93. The molecule has 0 amide bonds. The second kappa shape index (κ2) is 17.8. The summed E-state index contributed by atoms with van der Waals surface area (Å²) in [6, 6.07) is 6.29. The van der Waals surface area contributed by atoms with Crippen molar-refractivity contribution in [2.75, 3.05) is 14.2 Å². The maximum absolute atomic E-state index is 11.5. The fourth-order valence-corrected chi connectivity index (χ4v) is 4.45. The molecule has 1 atom stereocenters. The number of benzene rings is 1. The van der Waals surface area contributed by atoms with Gasteiger partial charge in [0.25, 0.3) is 0 Å². The molecule has 35 heavy (non-hydrogen) atoms. The Morgan fingerprint density at radius 3 is 2.14 bits per heavy atom. The van der Waals surface area contributed by atoms with E-state index in [9.17, 15) is 19.7 Å². The number of carbonyl (C=O) groups is 2. The van der Waals surface area contributed by atoms with Crippen LogP contribution in [0.3, 0.4) is 0 Å². The molecule has 2 rings (SSSR count). The lowest BCUT2D eigenvalue weighted by Crippen LogP contribution is -2.31. The Morgan fingerprint density at radius 2 is 1.66 bits per heavy atom. The monoisotopic (exact) mass is 525 g/mol. The third-order valence-corrected chi connectivity index (χ3v) is 6.31. The fourth-order valence-electron chi connectivity index (χ4n) is 2.19. The molecule has 1 unspecified atom stereocenters. The number of hydrogen-bond donors (Lipinski definition) is 1. The van der Waals surface area contributed by atoms with Gasteiger partial charge in [0.05, 0.1) is 25.2 Å². The zero-order valence-electron chi connectivity index (χ0n) is 21.5. The lowest BCUT2D eigenvalue weighted by atomic mass is 10.1. The number of aromatic nitrogens is 1. The van der Waals surface area contributed by atoms with Crippen LogP contribution < -0.4 is 14.8 Å². The highest BCUT2D eigenvalue weighted by Crippen LogP contribution is 2.44. The van der Waals surface area contributed by atoms with Crippen LogP contribution in [0.25, 0.3) is 0 Å². The van der Waals surface area contributed by atoms with Crippen molar-refractivity contribution in [3.05, 3.63) is 46.1 Å². The van der Waals surface area contributed by atoms with E-state index >= 15 is 0 Å². The average molecular weight is 526 g/mol. The zero-order chi connectivity index (χ0) is 27.0. The van der Waals surface area contributed by atoms with E-state index in [2.05, 4.69) is 24.1 Å². The van der Waals surface area contributed by atoms with Crippen molar-refractivity contribution in [3.63, 3.8) is 0 Å². The molecule has 2 aromatic rings. The largest absolute Gasteiger partial charge is 0.493 e.